The summed E-state index contributed by atoms with van der Waals surface area (Å²) in [5, 5.41) is 0.653. The first-order valence-electron chi connectivity index (χ1n) is 12.0. The Labute approximate surface area is 223 Å². The number of hydrogen-bond donors (Lipinski definition) is 0. The largest absolute Gasteiger partial charge is 0.352 e. The van der Waals surface area contributed by atoms with Crippen LogP contribution in [0, 0.1) is 0 Å². The fourth-order valence-corrected chi connectivity index (χ4v) is 5.56. The standard InChI is InChI=1S/C28H26ClN5O2S/c29-24-10-6-22(7-11-24)21-34(37(36)26-4-2-1-3-5-26)25-12-8-23(9-13-25)28(35)33-18-16-32(17-19-33)27-20-30-14-15-31-27/h1-15,20H,16-19,21H2. The third kappa shape index (κ3) is 5.98. The molecular weight excluding hydrogens is 506 g/mol. The van der Waals surface area contributed by atoms with E-state index in [1.807, 2.05) is 88.1 Å². The van der Waals surface area contributed by atoms with Gasteiger partial charge in [0.05, 0.1) is 23.3 Å². The smallest absolute Gasteiger partial charge is 0.253 e. The summed E-state index contributed by atoms with van der Waals surface area (Å²) in [6.45, 7) is 3.05. The maximum Gasteiger partial charge on any atom is 0.253 e. The second-order valence-corrected chi connectivity index (χ2v) is 10.5. The molecule has 1 unspecified atom stereocenters. The summed E-state index contributed by atoms with van der Waals surface area (Å²) < 4.78 is 15.4. The molecule has 0 N–H and O–H groups in total. The van der Waals surface area contributed by atoms with Gasteiger partial charge >= 0.3 is 0 Å². The Balaban J connectivity index is 1.31. The van der Waals surface area contributed by atoms with Gasteiger partial charge in [0.1, 0.15) is 5.82 Å². The molecule has 1 aromatic heterocycles. The molecule has 0 saturated carbocycles. The van der Waals surface area contributed by atoms with Crippen molar-refractivity contribution in [2.75, 3.05) is 35.4 Å². The molecule has 1 fully saturated rings. The summed E-state index contributed by atoms with van der Waals surface area (Å²) in [6, 6.07) is 24.2. The summed E-state index contributed by atoms with van der Waals surface area (Å²) >= 11 is 6.06. The molecule has 4 aromatic rings. The average molecular weight is 532 g/mol. The van der Waals surface area contributed by atoms with Crippen molar-refractivity contribution >= 4 is 40.0 Å². The van der Waals surface area contributed by atoms with Crippen LogP contribution in [0.5, 0.6) is 0 Å². The van der Waals surface area contributed by atoms with E-state index >= 15 is 0 Å². The van der Waals surface area contributed by atoms with Crippen LogP contribution in [-0.4, -0.2) is 51.2 Å². The van der Waals surface area contributed by atoms with Crippen molar-refractivity contribution in [3.05, 3.63) is 114 Å². The minimum Gasteiger partial charge on any atom is -0.352 e. The molecular formula is C28H26ClN5O2S. The van der Waals surface area contributed by atoms with Crippen molar-refractivity contribution in [2.24, 2.45) is 0 Å². The molecule has 1 atom stereocenters. The van der Waals surface area contributed by atoms with E-state index in [1.54, 1.807) is 18.6 Å². The minimum absolute atomic E-state index is 0.0150. The number of piperazine rings is 1. The Kier molecular flexibility index (Phi) is 7.77. The van der Waals surface area contributed by atoms with Gasteiger partial charge in [0.15, 0.2) is 11.0 Å². The summed E-state index contributed by atoms with van der Waals surface area (Å²) in [5.41, 5.74) is 2.35. The number of nitrogens with zero attached hydrogens (tertiary/aromatic N) is 5. The second kappa shape index (κ2) is 11.5. The van der Waals surface area contributed by atoms with E-state index in [-0.39, 0.29) is 5.91 Å². The van der Waals surface area contributed by atoms with E-state index in [2.05, 4.69) is 14.9 Å². The van der Waals surface area contributed by atoms with Gasteiger partial charge in [0, 0.05) is 49.2 Å². The molecule has 0 radical (unpaired) electrons. The Morgan fingerprint density at radius 3 is 2.24 bits per heavy atom. The fourth-order valence-electron chi connectivity index (χ4n) is 4.21. The van der Waals surface area contributed by atoms with E-state index in [4.69, 9.17) is 11.6 Å². The zero-order valence-electron chi connectivity index (χ0n) is 20.1. The molecule has 3 aromatic carbocycles. The van der Waals surface area contributed by atoms with E-state index in [0.717, 1.165) is 17.1 Å². The molecule has 1 aliphatic heterocycles. The Hall–Kier alpha value is -3.75. The molecule has 1 saturated heterocycles. The Morgan fingerprint density at radius 1 is 0.892 bits per heavy atom. The van der Waals surface area contributed by atoms with Crippen LogP contribution in [0.25, 0.3) is 0 Å². The van der Waals surface area contributed by atoms with Gasteiger partial charge in [0.2, 0.25) is 0 Å². The molecule has 7 nitrogen and oxygen atoms in total. The molecule has 37 heavy (non-hydrogen) atoms. The number of anilines is 2. The fraction of sp³-hybridized carbons (Fsp3) is 0.179. The third-order valence-electron chi connectivity index (χ3n) is 6.23. The second-order valence-electron chi connectivity index (χ2n) is 8.62. The number of hydrogen-bond acceptors (Lipinski definition) is 5. The normalized spacial score (nSPS) is 14.3. The number of carbonyl (C=O) groups excluding carboxylic acids is 1. The SMILES string of the molecule is O=C(c1ccc(N(Cc2ccc(Cl)cc2)S(=O)c2ccccc2)cc1)N1CCN(c2cnccn2)CC1. The molecule has 0 spiro atoms. The van der Waals surface area contributed by atoms with Gasteiger partial charge in [-0.05, 0) is 54.1 Å². The number of amides is 1. The van der Waals surface area contributed by atoms with Crippen molar-refractivity contribution in [3.8, 4) is 0 Å². The van der Waals surface area contributed by atoms with Crippen LogP contribution in [-0.2, 0) is 17.5 Å². The lowest BCUT2D eigenvalue weighted by Gasteiger charge is -2.35. The lowest BCUT2D eigenvalue weighted by Crippen LogP contribution is -2.49. The molecule has 0 aliphatic carbocycles. The van der Waals surface area contributed by atoms with Crippen molar-refractivity contribution in [1.29, 1.82) is 0 Å². The lowest BCUT2D eigenvalue weighted by molar-refractivity contribution is 0.0746. The van der Waals surface area contributed by atoms with Crippen LogP contribution >= 0.6 is 11.6 Å². The highest BCUT2D eigenvalue weighted by Gasteiger charge is 2.24. The summed E-state index contributed by atoms with van der Waals surface area (Å²) in [4.78, 5) is 26.4. The first-order valence-corrected chi connectivity index (χ1v) is 13.5. The van der Waals surface area contributed by atoms with Crippen LogP contribution in [0.4, 0.5) is 11.5 Å². The number of rotatable bonds is 7. The van der Waals surface area contributed by atoms with Crippen molar-refractivity contribution in [2.45, 2.75) is 11.4 Å². The predicted molar refractivity (Wildman–Crippen MR) is 147 cm³/mol. The summed E-state index contributed by atoms with van der Waals surface area (Å²) in [7, 11) is -1.43. The van der Waals surface area contributed by atoms with Gasteiger partial charge in [-0.1, -0.05) is 41.9 Å². The first kappa shape index (κ1) is 24.9. The van der Waals surface area contributed by atoms with Gasteiger partial charge in [-0.25, -0.2) is 9.19 Å². The van der Waals surface area contributed by atoms with Gasteiger partial charge in [0.25, 0.3) is 5.91 Å². The molecule has 9 heteroatoms. The van der Waals surface area contributed by atoms with Crippen LogP contribution in [0.15, 0.2) is 102 Å². The van der Waals surface area contributed by atoms with E-state index in [0.29, 0.717) is 48.2 Å². The third-order valence-corrected chi connectivity index (χ3v) is 7.89. The monoisotopic (exact) mass is 531 g/mol. The van der Waals surface area contributed by atoms with E-state index < -0.39 is 11.0 Å². The first-order chi connectivity index (χ1) is 18.1. The van der Waals surface area contributed by atoms with Crippen molar-refractivity contribution < 1.29 is 9.00 Å². The maximum absolute atomic E-state index is 13.6. The molecule has 0 bridgehead atoms. The number of aromatic nitrogens is 2. The Morgan fingerprint density at radius 2 is 1.59 bits per heavy atom. The highest BCUT2D eigenvalue weighted by atomic mass is 35.5. The van der Waals surface area contributed by atoms with Gasteiger partial charge in [-0.3, -0.25) is 14.1 Å². The van der Waals surface area contributed by atoms with E-state index in [1.165, 1.54) is 0 Å². The average Bonchev–Trinajstić information content (AvgIpc) is 2.97. The zero-order chi connectivity index (χ0) is 25.6. The molecule has 2 heterocycles. The highest BCUT2D eigenvalue weighted by Crippen LogP contribution is 2.25. The van der Waals surface area contributed by atoms with Gasteiger partial charge in [-0.2, -0.15) is 0 Å². The van der Waals surface area contributed by atoms with Crippen LogP contribution in [0.3, 0.4) is 0 Å². The Bertz CT molecular complexity index is 1350. The number of halogens is 1. The summed E-state index contributed by atoms with van der Waals surface area (Å²) in [6.07, 6.45) is 5.07. The quantitative estimate of drug-likeness (QED) is 0.342. The molecule has 188 valence electrons. The minimum atomic E-state index is -1.43. The van der Waals surface area contributed by atoms with Gasteiger partial charge < -0.3 is 9.80 Å². The number of benzene rings is 3. The lowest BCUT2D eigenvalue weighted by atomic mass is 10.1. The van der Waals surface area contributed by atoms with Crippen molar-refractivity contribution in [3.63, 3.8) is 0 Å². The molecule has 1 amide bonds. The van der Waals surface area contributed by atoms with E-state index in [9.17, 15) is 9.00 Å². The van der Waals surface area contributed by atoms with Crippen LogP contribution in [0.2, 0.25) is 5.02 Å². The topological polar surface area (TPSA) is 69.6 Å². The zero-order valence-corrected chi connectivity index (χ0v) is 21.7. The highest BCUT2D eigenvalue weighted by molar-refractivity contribution is 7.86. The maximum atomic E-state index is 13.6. The summed E-state index contributed by atoms with van der Waals surface area (Å²) in [5.74, 6) is 0.810. The van der Waals surface area contributed by atoms with Gasteiger partial charge in [-0.15, -0.1) is 0 Å². The van der Waals surface area contributed by atoms with Crippen molar-refractivity contribution in [1.82, 2.24) is 14.9 Å². The van der Waals surface area contributed by atoms with Crippen LogP contribution < -0.4 is 9.21 Å². The molecule has 1 aliphatic rings. The number of carbonyl (C=O) groups is 1. The van der Waals surface area contributed by atoms with Crippen LogP contribution in [0.1, 0.15) is 15.9 Å². The predicted octanol–water partition coefficient (Wildman–Crippen LogP) is 4.82. The molecule has 5 rings (SSSR count).